The molecule has 1 aliphatic heterocycles. The van der Waals surface area contributed by atoms with Crippen molar-refractivity contribution in [3.63, 3.8) is 0 Å². The van der Waals surface area contributed by atoms with Crippen molar-refractivity contribution in [3.05, 3.63) is 24.3 Å². The molecule has 0 spiro atoms. The SMILES string of the molecule is FC(F)(F)Sc1ccc(NC2CCNC2)cc1. The Labute approximate surface area is 102 Å². The summed E-state index contributed by atoms with van der Waals surface area (Å²) in [6, 6.07) is 6.72. The standard InChI is InChI=1S/C11H13F3N2S/c12-11(13,14)17-10-3-1-8(2-4-10)16-9-5-6-15-7-9/h1-4,9,15-16H,5-7H2. The highest BCUT2D eigenvalue weighted by Crippen LogP contribution is 2.37. The molecule has 0 bridgehead atoms. The van der Waals surface area contributed by atoms with Crippen LogP contribution in [0.2, 0.25) is 0 Å². The third kappa shape index (κ3) is 4.12. The third-order valence-corrected chi connectivity index (χ3v) is 3.26. The van der Waals surface area contributed by atoms with Crippen LogP contribution in [0.4, 0.5) is 18.9 Å². The van der Waals surface area contributed by atoms with E-state index in [2.05, 4.69) is 10.6 Å². The number of thioether (sulfide) groups is 1. The van der Waals surface area contributed by atoms with E-state index in [9.17, 15) is 13.2 Å². The number of hydrogen-bond donors (Lipinski definition) is 2. The summed E-state index contributed by atoms with van der Waals surface area (Å²) in [5, 5.41) is 6.50. The van der Waals surface area contributed by atoms with Gasteiger partial charge in [0.1, 0.15) is 0 Å². The predicted molar refractivity (Wildman–Crippen MR) is 63.3 cm³/mol. The summed E-state index contributed by atoms with van der Waals surface area (Å²) < 4.78 is 36.3. The van der Waals surface area contributed by atoms with E-state index in [4.69, 9.17) is 0 Å². The van der Waals surface area contributed by atoms with Gasteiger partial charge in [0.15, 0.2) is 0 Å². The van der Waals surface area contributed by atoms with Crippen LogP contribution >= 0.6 is 11.8 Å². The van der Waals surface area contributed by atoms with E-state index in [0.717, 1.165) is 25.2 Å². The van der Waals surface area contributed by atoms with Crippen LogP contribution in [-0.2, 0) is 0 Å². The Bertz CT molecular complexity index is 358. The van der Waals surface area contributed by atoms with E-state index in [0.29, 0.717) is 6.04 Å². The molecular formula is C11H13F3N2S. The van der Waals surface area contributed by atoms with Gasteiger partial charge in [-0.15, -0.1) is 0 Å². The Balaban J connectivity index is 1.93. The smallest absolute Gasteiger partial charge is 0.381 e. The zero-order chi connectivity index (χ0) is 12.3. The molecule has 2 N–H and O–H groups in total. The van der Waals surface area contributed by atoms with Gasteiger partial charge in [0, 0.05) is 23.2 Å². The van der Waals surface area contributed by atoms with Crippen LogP contribution in [0, 0.1) is 0 Å². The molecule has 0 radical (unpaired) electrons. The molecule has 2 rings (SSSR count). The first-order valence-electron chi connectivity index (χ1n) is 5.36. The molecule has 1 atom stereocenters. The first kappa shape index (κ1) is 12.6. The number of hydrogen-bond acceptors (Lipinski definition) is 3. The number of rotatable bonds is 3. The summed E-state index contributed by atoms with van der Waals surface area (Å²) in [6.07, 6.45) is 1.04. The Morgan fingerprint density at radius 3 is 2.47 bits per heavy atom. The van der Waals surface area contributed by atoms with Gasteiger partial charge in [0.25, 0.3) is 0 Å². The van der Waals surface area contributed by atoms with Crippen molar-refractivity contribution in [1.29, 1.82) is 0 Å². The molecule has 0 saturated carbocycles. The fraction of sp³-hybridized carbons (Fsp3) is 0.455. The van der Waals surface area contributed by atoms with Gasteiger partial charge in [0.05, 0.1) is 0 Å². The maximum Gasteiger partial charge on any atom is 0.446 e. The predicted octanol–water partition coefficient (Wildman–Crippen LogP) is 3.07. The number of benzene rings is 1. The quantitative estimate of drug-likeness (QED) is 0.819. The van der Waals surface area contributed by atoms with E-state index in [1.54, 1.807) is 12.1 Å². The van der Waals surface area contributed by atoms with Gasteiger partial charge in [0.2, 0.25) is 0 Å². The number of alkyl halides is 3. The van der Waals surface area contributed by atoms with Crippen LogP contribution in [0.1, 0.15) is 6.42 Å². The van der Waals surface area contributed by atoms with Gasteiger partial charge < -0.3 is 10.6 Å². The van der Waals surface area contributed by atoms with Crippen LogP contribution in [0.3, 0.4) is 0 Å². The van der Waals surface area contributed by atoms with E-state index >= 15 is 0 Å². The number of halogens is 3. The van der Waals surface area contributed by atoms with E-state index in [-0.39, 0.29) is 16.7 Å². The van der Waals surface area contributed by atoms with Gasteiger partial charge in [-0.25, -0.2) is 0 Å². The van der Waals surface area contributed by atoms with Gasteiger partial charge in [-0.1, -0.05) is 0 Å². The molecule has 1 heterocycles. The summed E-state index contributed by atoms with van der Waals surface area (Å²) in [4.78, 5) is 0.215. The molecule has 1 unspecified atom stereocenters. The second-order valence-electron chi connectivity index (χ2n) is 3.91. The molecule has 1 aromatic carbocycles. The second-order valence-corrected chi connectivity index (χ2v) is 5.04. The van der Waals surface area contributed by atoms with Crippen molar-refractivity contribution in [2.24, 2.45) is 0 Å². The van der Waals surface area contributed by atoms with Gasteiger partial charge in [-0.2, -0.15) is 13.2 Å². The van der Waals surface area contributed by atoms with Gasteiger partial charge in [-0.3, -0.25) is 0 Å². The van der Waals surface area contributed by atoms with Crippen molar-refractivity contribution in [2.75, 3.05) is 18.4 Å². The molecule has 2 nitrogen and oxygen atoms in total. The summed E-state index contributed by atoms with van der Waals surface area (Å²) >= 11 is -0.0879. The lowest BCUT2D eigenvalue weighted by atomic mass is 10.2. The lowest BCUT2D eigenvalue weighted by Gasteiger charge is -2.13. The molecule has 1 saturated heterocycles. The van der Waals surface area contributed by atoms with Gasteiger partial charge in [-0.05, 0) is 49.0 Å². The molecule has 0 aromatic heterocycles. The number of anilines is 1. The summed E-state index contributed by atoms with van der Waals surface area (Å²) in [6.45, 7) is 1.89. The maximum atomic E-state index is 12.1. The zero-order valence-corrected chi connectivity index (χ0v) is 9.87. The van der Waals surface area contributed by atoms with Crippen molar-refractivity contribution in [3.8, 4) is 0 Å². The Hall–Kier alpha value is -0.880. The van der Waals surface area contributed by atoms with E-state index in [1.165, 1.54) is 12.1 Å². The van der Waals surface area contributed by atoms with Crippen LogP contribution < -0.4 is 10.6 Å². The molecular weight excluding hydrogens is 249 g/mol. The Morgan fingerprint density at radius 2 is 1.94 bits per heavy atom. The topological polar surface area (TPSA) is 24.1 Å². The summed E-state index contributed by atoms with van der Waals surface area (Å²) in [7, 11) is 0. The highest BCUT2D eigenvalue weighted by molar-refractivity contribution is 8.00. The van der Waals surface area contributed by atoms with Crippen LogP contribution in [-0.4, -0.2) is 24.6 Å². The Kier molecular flexibility index (Phi) is 3.83. The van der Waals surface area contributed by atoms with Crippen LogP contribution in [0.5, 0.6) is 0 Å². The van der Waals surface area contributed by atoms with Gasteiger partial charge >= 0.3 is 5.51 Å². The molecule has 6 heteroatoms. The van der Waals surface area contributed by atoms with Crippen molar-refractivity contribution >= 4 is 17.4 Å². The molecule has 1 fully saturated rings. The fourth-order valence-electron chi connectivity index (χ4n) is 1.77. The lowest BCUT2D eigenvalue weighted by Crippen LogP contribution is -2.21. The number of nitrogens with one attached hydrogen (secondary N) is 2. The molecule has 17 heavy (non-hydrogen) atoms. The second kappa shape index (κ2) is 5.18. The highest BCUT2D eigenvalue weighted by atomic mass is 32.2. The minimum atomic E-state index is -4.22. The minimum Gasteiger partial charge on any atom is -0.381 e. The van der Waals surface area contributed by atoms with Crippen LogP contribution in [0.25, 0.3) is 0 Å². The Morgan fingerprint density at radius 1 is 1.24 bits per heavy atom. The first-order chi connectivity index (χ1) is 8.03. The monoisotopic (exact) mass is 262 g/mol. The minimum absolute atomic E-state index is 0.0879. The largest absolute Gasteiger partial charge is 0.446 e. The summed E-state index contributed by atoms with van der Waals surface area (Å²) in [5.41, 5.74) is -3.35. The molecule has 0 aliphatic carbocycles. The van der Waals surface area contributed by atoms with Crippen LogP contribution in [0.15, 0.2) is 29.2 Å². The fourth-order valence-corrected chi connectivity index (χ4v) is 2.31. The van der Waals surface area contributed by atoms with Crippen molar-refractivity contribution in [2.45, 2.75) is 22.9 Å². The summed E-state index contributed by atoms with van der Waals surface area (Å²) in [5.74, 6) is 0. The first-order valence-corrected chi connectivity index (χ1v) is 6.18. The normalized spacial score (nSPS) is 20.5. The zero-order valence-electron chi connectivity index (χ0n) is 9.05. The average molecular weight is 262 g/mol. The molecule has 94 valence electrons. The van der Waals surface area contributed by atoms with Crippen molar-refractivity contribution < 1.29 is 13.2 Å². The lowest BCUT2D eigenvalue weighted by molar-refractivity contribution is -0.0328. The maximum absolute atomic E-state index is 12.1. The average Bonchev–Trinajstić information content (AvgIpc) is 2.71. The highest BCUT2D eigenvalue weighted by Gasteiger charge is 2.29. The van der Waals surface area contributed by atoms with E-state index < -0.39 is 5.51 Å². The molecule has 1 aliphatic rings. The molecule has 1 aromatic rings. The third-order valence-electron chi connectivity index (χ3n) is 2.52. The van der Waals surface area contributed by atoms with Crippen molar-refractivity contribution in [1.82, 2.24) is 5.32 Å². The molecule has 0 amide bonds. The van der Waals surface area contributed by atoms with E-state index in [1.807, 2.05) is 0 Å².